The molecule has 4 aromatic carbocycles. The Bertz CT molecular complexity index is 1850. The molecule has 1 heterocycles. The van der Waals surface area contributed by atoms with Gasteiger partial charge in [-0.3, -0.25) is 24.1 Å². The molecule has 218 valence electrons. The van der Waals surface area contributed by atoms with Crippen molar-refractivity contribution in [1.29, 1.82) is 5.26 Å². The molecular weight excluding hydrogens is 554 g/mol. The van der Waals surface area contributed by atoms with E-state index in [1.807, 2.05) is 42.2 Å². The lowest BCUT2D eigenvalue weighted by Gasteiger charge is -2.36. The number of anilines is 3. The summed E-state index contributed by atoms with van der Waals surface area (Å²) in [5.41, 5.74) is 3.93. The summed E-state index contributed by atoms with van der Waals surface area (Å²) in [4.78, 5) is 57.9. The third-order valence-corrected chi connectivity index (χ3v) is 8.02. The van der Waals surface area contributed by atoms with Crippen LogP contribution in [0, 0.1) is 18.3 Å². The Balaban J connectivity index is 1.25. The number of hydrogen-bond acceptors (Lipinski definition) is 7. The first-order valence-corrected chi connectivity index (χ1v) is 14.3. The van der Waals surface area contributed by atoms with Gasteiger partial charge in [0, 0.05) is 48.4 Å². The highest BCUT2D eigenvalue weighted by molar-refractivity contribution is 6.31. The number of para-hydroxylation sites is 1. The summed E-state index contributed by atoms with van der Waals surface area (Å²) in [6.45, 7) is 4.52. The van der Waals surface area contributed by atoms with Crippen molar-refractivity contribution in [3.8, 4) is 6.07 Å². The molecule has 0 unspecified atom stereocenters. The number of ketones is 2. The van der Waals surface area contributed by atoms with Gasteiger partial charge in [-0.05, 0) is 43.3 Å². The number of hydrogen-bond donors (Lipinski definition) is 2. The first kappa shape index (κ1) is 28.5. The third kappa shape index (κ3) is 5.46. The van der Waals surface area contributed by atoms with Crippen molar-refractivity contribution in [3.05, 3.63) is 124 Å². The fraction of sp³-hybridized carbons (Fsp3) is 0.171. The number of nitrogens with one attached hydrogen (secondary N) is 2. The molecule has 0 radical (unpaired) electrons. The molecule has 1 saturated heterocycles. The van der Waals surface area contributed by atoms with Gasteiger partial charge in [-0.1, -0.05) is 54.1 Å². The van der Waals surface area contributed by atoms with Gasteiger partial charge in [-0.2, -0.15) is 5.26 Å². The second-order valence-corrected chi connectivity index (χ2v) is 10.9. The molecule has 0 aromatic heterocycles. The number of benzene rings is 4. The normalized spacial score (nSPS) is 14.3. The molecule has 2 amide bonds. The molecule has 1 aliphatic carbocycles. The van der Waals surface area contributed by atoms with Gasteiger partial charge in [-0.25, -0.2) is 0 Å². The Morgan fingerprint density at radius 2 is 1.43 bits per heavy atom. The average Bonchev–Trinajstić information content (AvgIpc) is 3.05. The van der Waals surface area contributed by atoms with Crippen LogP contribution in [0.25, 0.3) is 0 Å². The van der Waals surface area contributed by atoms with E-state index in [-0.39, 0.29) is 46.3 Å². The minimum Gasteiger partial charge on any atom is -0.368 e. The lowest BCUT2D eigenvalue weighted by Crippen LogP contribution is -2.48. The molecule has 2 N–H and O–H groups in total. The summed E-state index contributed by atoms with van der Waals surface area (Å²) in [7, 11) is 0. The Labute approximate surface area is 254 Å². The monoisotopic (exact) mass is 583 g/mol. The third-order valence-electron chi connectivity index (χ3n) is 8.02. The van der Waals surface area contributed by atoms with E-state index in [0.717, 1.165) is 11.3 Å². The van der Waals surface area contributed by atoms with E-state index in [2.05, 4.69) is 21.6 Å². The molecule has 0 atom stereocenters. The second kappa shape index (κ2) is 12.0. The molecule has 6 rings (SSSR count). The van der Waals surface area contributed by atoms with Crippen LogP contribution in [0.3, 0.4) is 0 Å². The van der Waals surface area contributed by atoms with Crippen molar-refractivity contribution in [2.24, 2.45) is 0 Å². The lowest BCUT2D eigenvalue weighted by atomic mass is 9.82. The number of aryl methyl sites for hydroxylation is 1. The van der Waals surface area contributed by atoms with E-state index in [1.165, 1.54) is 6.07 Å². The molecular formula is C35H29N5O4. The van der Waals surface area contributed by atoms with Crippen LogP contribution in [0.2, 0.25) is 0 Å². The predicted octanol–water partition coefficient (Wildman–Crippen LogP) is 4.66. The van der Waals surface area contributed by atoms with Crippen molar-refractivity contribution < 1.29 is 19.2 Å². The fourth-order valence-electron chi connectivity index (χ4n) is 5.69. The van der Waals surface area contributed by atoms with Crippen molar-refractivity contribution in [2.75, 3.05) is 48.3 Å². The van der Waals surface area contributed by atoms with E-state index in [9.17, 15) is 24.4 Å². The topological polar surface area (TPSA) is 123 Å². The molecule has 1 aliphatic heterocycles. The number of amides is 2. The SMILES string of the molecule is Cc1ccc(C(=O)Nc2c(NC(=O)CN3CCN(c4ccccc4C#N)CC3)ccc3c2C(=O)c2ccccc2C3=O)cc1. The maximum Gasteiger partial charge on any atom is 0.255 e. The maximum absolute atomic E-state index is 13.7. The highest BCUT2D eigenvalue weighted by Gasteiger charge is 2.34. The summed E-state index contributed by atoms with van der Waals surface area (Å²) in [5, 5.41) is 15.2. The smallest absolute Gasteiger partial charge is 0.255 e. The minimum atomic E-state index is -0.471. The van der Waals surface area contributed by atoms with Crippen molar-refractivity contribution in [3.63, 3.8) is 0 Å². The summed E-state index contributed by atoms with van der Waals surface area (Å²) in [6, 6.07) is 26.3. The maximum atomic E-state index is 13.7. The van der Waals surface area contributed by atoms with Gasteiger partial charge < -0.3 is 15.5 Å². The molecule has 1 fully saturated rings. The van der Waals surface area contributed by atoms with Crippen LogP contribution in [0.5, 0.6) is 0 Å². The van der Waals surface area contributed by atoms with Crippen LogP contribution in [0.15, 0.2) is 84.9 Å². The summed E-state index contributed by atoms with van der Waals surface area (Å²) < 4.78 is 0. The summed E-state index contributed by atoms with van der Waals surface area (Å²) in [6.07, 6.45) is 0. The lowest BCUT2D eigenvalue weighted by molar-refractivity contribution is -0.117. The molecule has 9 heteroatoms. The molecule has 4 aromatic rings. The van der Waals surface area contributed by atoms with Gasteiger partial charge in [0.15, 0.2) is 11.6 Å². The number of fused-ring (bicyclic) bond motifs is 2. The minimum absolute atomic E-state index is 0.0525. The standard InChI is InChI=1S/C35H29N5O4/c1-22-10-12-23(13-11-22)35(44)38-32-28(15-14-27-31(32)34(43)26-8-4-3-7-25(26)33(27)42)37-30(41)21-39-16-18-40(19-17-39)29-9-5-2-6-24(29)20-36/h2-15H,16-19,21H2,1H3,(H,37,41)(H,38,44). The van der Waals surface area contributed by atoms with Gasteiger partial charge in [0.05, 0.1) is 34.7 Å². The molecule has 0 saturated carbocycles. The first-order chi connectivity index (χ1) is 21.3. The quantitative estimate of drug-likeness (QED) is 0.298. The van der Waals surface area contributed by atoms with E-state index >= 15 is 0 Å². The summed E-state index contributed by atoms with van der Waals surface area (Å²) >= 11 is 0. The van der Waals surface area contributed by atoms with Crippen LogP contribution in [-0.4, -0.2) is 61.0 Å². The second-order valence-electron chi connectivity index (χ2n) is 10.9. The molecule has 44 heavy (non-hydrogen) atoms. The van der Waals surface area contributed by atoms with E-state index < -0.39 is 11.7 Å². The number of nitrogens with zero attached hydrogens (tertiary/aromatic N) is 3. The van der Waals surface area contributed by atoms with E-state index in [4.69, 9.17) is 0 Å². The highest BCUT2D eigenvalue weighted by Crippen LogP contribution is 2.37. The fourth-order valence-corrected chi connectivity index (χ4v) is 5.69. The van der Waals surface area contributed by atoms with Gasteiger partial charge in [0.2, 0.25) is 5.91 Å². The van der Waals surface area contributed by atoms with Gasteiger partial charge >= 0.3 is 0 Å². The van der Waals surface area contributed by atoms with Crippen LogP contribution < -0.4 is 15.5 Å². The highest BCUT2D eigenvalue weighted by atomic mass is 16.2. The van der Waals surface area contributed by atoms with Crippen molar-refractivity contribution >= 4 is 40.4 Å². The number of nitriles is 1. The zero-order chi connectivity index (χ0) is 30.8. The Kier molecular flexibility index (Phi) is 7.75. The summed E-state index contributed by atoms with van der Waals surface area (Å²) in [5.74, 6) is -1.52. The number of carbonyl (C=O) groups is 4. The Morgan fingerprint density at radius 3 is 2.14 bits per heavy atom. The molecule has 2 aliphatic rings. The van der Waals surface area contributed by atoms with Crippen LogP contribution >= 0.6 is 0 Å². The Hall–Kier alpha value is -5.59. The average molecular weight is 584 g/mol. The van der Waals surface area contributed by atoms with Crippen molar-refractivity contribution in [1.82, 2.24) is 4.90 Å². The van der Waals surface area contributed by atoms with Crippen LogP contribution in [0.4, 0.5) is 17.1 Å². The number of carbonyl (C=O) groups excluding carboxylic acids is 4. The predicted molar refractivity (Wildman–Crippen MR) is 167 cm³/mol. The van der Waals surface area contributed by atoms with Crippen molar-refractivity contribution in [2.45, 2.75) is 6.92 Å². The molecule has 9 nitrogen and oxygen atoms in total. The zero-order valence-corrected chi connectivity index (χ0v) is 24.1. The van der Waals surface area contributed by atoms with Crippen LogP contribution in [-0.2, 0) is 4.79 Å². The number of rotatable bonds is 6. The molecule has 0 bridgehead atoms. The molecule has 0 spiro atoms. The van der Waals surface area contributed by atoms with Gasteiger partial charge in [0.1, 0.15) is 6.07 Å². The Morgan fingerprint density at radius 1 is 0.773 bits per heavy atom. The van der Waals surface area contributed by atoms with Gasteiger partial charge in [0.25, 0.3) is 5.91 Å². The van der Waals surface area contributed by atoms with E-state index in [0.29, 0.717) is 42.9 Å². The number of piperazine rings is 1. The largest absolute Gasteiger partial charge is 0.368 e. The zero-order valence-electron chi connectivity index (χ0n) is 24.1. The van der Waals surface area contributed by atoms with Gasteiger partial charge in [-0.15, -0.1) is 0 Å². The first-order valence-electron chi connectivity index (χ1n) is 14.3. The van der Waals surface area contributed by atoms with E-state index in [1.54, 1.807) is 48.5 Å². The van der Waals surface area contributed by atoms with Crippen LogP contribution in [0.1, 0.15) is 53.3 Å².